The lowest BCUT2D eigenvalue weighted by Crippen LogP contribution is -2.20. The zero-order valence-corrected chi connectivity index (χ0v) is 15.5. The first-order valence-corrected chi connectivity index (χ1v) is 9.38. The van der Waals surface area contributed by atoms with Crippen molar-refractivity contribution in [2.75, 3.05) is 0 Å². The smallest absolute Gasteiger partial charge is 0.195 e. The lowest BCUT2D eigenvalue weighted by atomic mass is 9.93. The second-order valence-corrected chi connectivity index (χ2v) is 6.64. The largest absolute Gasteiger partial charge is 0.343 e. The number of benzene rings is 3. The molecule has 3 aromatic rings. The van der Waals surface area contributed by atoms with E-state index in [0.717, 1.165) is 11.3 Å². The standard InChI is InChI=1S/C26H21NO/c28-26(23-16-8-3-9-17-23)25(22-14-6-2-7-15-22)24-18-10-11-19-27(24)20-21-12-4-1-5-13-21/h1-19H,20H2/b25-24+. The summed E-state index contributed by atoms with van der Waals surface area (Å²) < 4.78 is 0. The molecule has 0 spiro atoms. The van der Waals surface area contributed by atoms with Gasteiger partial charge in [-0.2, -0.15) is 0 Å². The van der Waals surface area contributed by atoms with E-state index in [0.29, 0.717) is 17.7 Å². The predicted molar refractivity (Wildman–Crippen MR) is 114 cm³/mol. The number of hydrogen-bond acceptors (Lipinski definition) is 2. The maximum atomic E-state index is 13.5. The molecule has 0 aliphatic carbocycles. The molecule has 2 heteroatoms. The average Bonchev–Trinajstić information content (AvgIpc) is 2.77. The van der Waals surface area contributed by atoms with Gasteiger partial charge in [-0.05, 0) is 23.3 Å². The van der Waals surface area contributed by atoms with Crippen molar-refractivity contribution < 1.29 is 4.79 Å². The quantitative estimate of drug-likeness (QED) is 0.418. The summed E-state index contributed by atoms with van der Waals surface area (Å²) in [5, 5.41) is 0. The summed E-state index contributed by atoms with van der Waals surface area (Å²) in [4.78, 5) is 15.6. The third-order valence-corrected chi connectivity index (χ3v) is 4.72. The molecule has 1 aliphatic heterocycles. The second-order valence-electron chi connectivity index (χ2n) is 6.64. The normalized spacial score (nSPS) is 14.8. The molecule has 0 bridgehead atoms. The van der Waals surface area contributed by atoms with E-state index in [4.69, 9.17) is 0 Å². The molecule has 0 fully saturated rings. The van der Waals surface area contributed by atoms with Crippen molar-refractivity contribution in [3.05, 3.63) is 138 Å². The molecule has 0 saturated heterocycles. The van der Waals surface area contributed by atoms with Crippen LogP contribution in [0.25, 0.3) is 5.57 Å². The lowest BCUT2D eigenvalue weighted by Gasteiger charge is -2.27. The number of nitrogens with zero attached hydrogens (tertiary/aromatic N) is 1. The highest BCUT2D eigenvalue weighted by Crippen LogP contribution is 2.29. The van der Waals surface area contributed by atoms with Gasteiger partial charge in [-0.3, -0.25) is 4.79 Å². The Bertz CT molecular complexity index is 1030. The molecule has 4 rings (SSSR count). The van der Waals surface area contributed by atoms with Crippen LogP contribution in [-0.4, -0.2) is 10.7 Å². The number of carbonyl (C=O) groups is 1. The first-order valence-electron chi connectivity index (χ1n) is 9.38. The van der Waals surface area contributed by atoms with Crippen LogP contribution in [0.5, 0.6) is 0 Å². The van der Waals surface area contributed by atoms with Crippen molar-refractivity contribution in [1.82, 2.24) is 4.90 Å². The molecular formula is C26H21NO. The maximum absolute atomic E-state index is 13.5. The molecule has 2 nitrogen and oxygen atoms in total. The summed E-state index contributed by atoms with van der Waals surface area (Å²) in [5.41, 5.74) is 4.43. The predicted octanol–water partition coefficient (Wildman–Crippen LogP) is 5.87. The fourth-order valence-corrected chi connectivity index (χ4v) is 3.36. The summed E-state index contributed by atoms with van der Waals surface area (Å²) in [7, 11) is 0. The van der Waals surface area contributed by atoms with E-state index in [1.807, 2.05) is 103 Å². The summed E-state index contributed by atoms with van der Waals surface area (Å²) in [5.74, 6) is 0.0276. The SMILES string of the molecule is O=C(/C(=C1\C=CC=CN1Cc1ccccc1)c1ccccc1)c1ccccc1. The van der Waals surface area contributed by atoms with E-state index in [1.54, 1.807) is 0 Å². The van der Waals surface area contributed by atoms with E-state index < -0.39 is 0 Å². The molecule has 1 aliphatic rings. The van der Waals surface area contributed by atoms with Gasteiger partial charge >= 0.3 is 0 Å². The Morgan fingerprint density at radius 3 is 1.89 bits per heavy atom. The van der Waals surface area contributed by atoms with E-state index in [1.165, 1.54) is 5.56 Å². The van der Waals surface area contributed by atoms with Crippen molar-refractivity contribution >= 4 is 11.4 Å². The molecule has 0 saturated carbocycles. The van der Waals surface area contributed by atoms with Gasteiger partial charge in [0.1, 0.15) is 0 Å². The fourth-order valence-electron chi connectivity index (χ4n) is 3.36. The van der Waals surface area contributed by atoms with Crippen LogP contribution in [0.15, 0.2) is 121 Å². The highest BCUT2D eigenvalue weighted by Gasteiger charge is 2.22. The van der Waals surface area contributed by atoms with Gasteiger partial charge in [0.2, 0.25) is 0 Å². The van der Waals surface area contributed by atoms with Gasteiger partial charge < -0.3 is 4.90 Å². The van der Waals surface area contributed by atoms with Crippen LogP contribution in [0, 0.1) is 0 Å². The molecule has 1 heterocycles. The Morgan fingerprint density at radius 1 is 0.679 bits per heavy atom. The zero-order valence-electron chi connectivity index (χ0n) is 15.5. The van der Waals surface area contributed by atoms with Crippen molar-refractivity contribution in [2.45, 2.75) is 6.54 Å². The number of ketones is 1. The Morgan fingerprint density at radius 2 is 1.25 bits per heavy atom. The van der Waals surface area contributed by atoms with Crippen LogP contribution in [0.2, 0.25) is 0 Å². The molecule has 28 heavy (non-hydrogen) atoms. The maximum Gasteiger partial charge on any atom is 0.195 e. The molecule has 0 amide bonds. The van der Waals surface area contributed by atoms with E-state index in [2.05, 4.69) is 17.0 Å². The van der Waals surface area contributed by atoms with Crippen molar-refractivity contribution in [3.8, 4) is 0 Å². The Labute approximate surface area is 165 Å². The monoisotopic (exact) mass is 363 g/mol. The minimum absolute atomic E-state index is 0.0276. The number of allylic oxidation sites excluding steroid dienone is 4. The van der Waals surface area contributed by atoms with E-state index >= 15 is 0 Å². The summed E-state index contributed by atoms with van der Waals surface area (Å²) in [6.45, 7) is 0.704. The summed E-state index contributed by atoms with van der Waals surface area (Å²) in [6, 6.07) is 29.7. The molecule has 0 atom stereocenters. The van der Waals surface area contributed by atoms with Crippen LogP contribution in [0.4, 0.5) is 0 Å². The molecule has 0 N–H and O–H groups in total. The topological polar surface area (TPSA) is 20.3 Å². The molecule has 0 unspecified atom stereocenters. The summed E-state index contributed by atoms with van der Waals surface area (Å²) >= 11 is 0. The molecule has 3 aromatic carbocycles. The van der Waals surface area contributed by atoms with Gasteiger partial charge in [-0.1, -0.05) is 97.1 Å². The Hall–Kier alpha value is -3.65. The van der Waals surface area contributed by atoms with Crippen LogP contribution in [0.3, 0.4) is 0 Å². The average molecular weight is 363 g/mol. The van der Waals surface area contributed by atoms with Crippen LogP contribution < -0.4 is 0 Å². The first-order chi connectivity index (χ1) is 13.8. The van der Waals surface area contributed by atoms with Gasteiger partial charge in [0, 0.05) is 18.3 Å². The second kappa shape index (κ2) is 8.36. The van der Waals surface area contributed by atoms with E-state index in [-0.39, 0.29) is 5.78 Å². The number of rotatable bonds is 5. The lowest BCUT2D eigenvalue weighted by molar-refractivity contribution is 0.105. The minimum Gasteiger partial charge on any atom is -0.343 e. The van der Waals surface area contributed by atoms with E-state index in [9.17, 15) is 4.79 Å². The number of hydrogen-bond donors (Lipinski definition) is 0. The third-order valence-electron chi connectivity index (χ3n) is 4.72. The minimum atomic E-state index is 0.0276. The van der Waals surface area contributed by atoms with Crippen molar-refractivity contribution in [3.63, 3.8) is 0 Å². The highest BCUT2D eigenvalue weighted by molar-refractivity contribution is 6.29. The number of Topliss-reactive ketones (excluding diaryl/α,β-unsaturated/α-hetero) is 1. The summed E-state index contributed by atoms with van der Waals surface area (Å²) in [6.07, 6.45) is 8.04. The van der Waals surface area contributed by atoms with Gasteiger partial charge in [-0.15, -0.1) is 0 Å². The molecule has 0 radical (unpaired) electrons. The van der Waals surface area contributed by atoms with Crippen LogP contribution >= 0.6 is 0 Å². The van der Waals surface area contributed by atoms with Crippen molar-refractivity contribution in [2.24, 2.45) is 0 Å². The van der Waals surface area contributed by atoms with Crippen LogP contribution in [-0.2, 0) is 6.54 Å². The van der Waals surface area contributed by atoms with Gasteiger partial charge in [0.25, 0.3) is 0 Å². The molecule has 136 valence electrons. The first kappa shape index (κ1) is 17.7. The molecular weight excluding hydrogens is 342 g/mol. The number of carbonyl (C=O) groups excluding carboxylic acids is 1. The Balaban J connectivity index is 1.83. The van der Waals surface area contributed by atoms with Gasteiger partial charge in [-0.25, -0.2) is 0 Å². The van der Waals surface area contributed by atoms with Gasteiger partial charge in [0.15, 0.2) is 5.78 Å². The third kappa shape index (κ3) is 3.86. The molecule has 0 aromatic heterocycles. The fraction of sp³-hybridized carbons (Fsp3) is 0.0385. The van der Waals surface area contributed by atoms with Crippen molar-refractivity contribution in [1.29, 1.82) is 0 Å². The Kier molecular flexibility index (Phi) is 5.30. The van der Waals surface area contributed by atoms with Gasteiger partial charge in [0.05, 0.1) is 11.3 Å². The van der Waals surface area contributed by atoms with Crippen LogP contribution in [0.1, 0.15) is 21.5 Å². The highest BCUT2D eigenvalue weighted by atomic mass is 16.1. The zero-order chi connectivity index (χ0) is 19.2.